The van der Waals surface area contributed by atoms with Crippen molar-refractivity contribution < 1.29 is 13.6 Å². The fourth-order valence-corrected chi connectivity index (χ4v) is 2.06. The smallest absolute Gasteiger partial charge is 0.162 e. The first-order chi connectivity index (χ1) is 8.60. The highest BCUT2D eigenvalue weighted by Crippen LogP contribution is 2.18. The number of rotatable bonds is 7. The van der Waals surface area contributed by atoms with Gasteiger partial charge in [0.25, 0.3) is 0 Å². The molecule has 0 spiro atoms. The lowest BCUT2D eigenvalue weighted by molar-refractivity contribution is -0.122. The summed E-state index contributed by atoms with van der Waals surface area (Å²) in [7, 11) is 0. The van der Waals surface area contributed by atoms with Gasteiger partial charge in [-0.1, -0.05) is 38.8 Å². The van der Waals surface area contributed by atoms with Gasteiger partial charge in [-0.05, 0) is 24.5 Å². The SMILES string of the molecule is CCCCC(CC)C(=O)Cc1cccc(F)c1F. The van der Waals surface area contributed by atoms with E-state index in [1.165, 1.54) is 12.1 Å². The fraction of sp³-hybridized carbons (Fsp3) is 0.533. The Kier molecular flexibility index (Phi) is 5.96. The molecule has 0 heterocycles. The van der Waals surface area contributed by atoms with Crippen molar-refractivity contribution in [1.82, 2.24) is 0 Å². The van der Waals surface area contributed by atoms with Crippen molar-refractivity contribution in [1.29, 1.82) is 0 Å². The van der Waals surface area contributed by atoms with Crippen LogP contribution in [0.5, 0.6) is 0 Å². The summed E-state index contributed by atoms with van der Waals surface area (Å²) in [4.78, 5) is 12.0. The minimum atomic E-state index is -0.892. The molecule has 18 heavy (non-hydrogen) atoms. The van der Waals surface area contributed by atoms with Gasteiger partial charge in [-0.2, -0.15) is 0 Å². The Morgan fingerprint density at radius 3 is 2.61 bits per heavy atom. The Morgan fingerprint density at radius 2 is 2.00 bits per heavy atom. The summed E-state index contributed by atoms with van der Waals surface area (Å²) in [5.41, 5.74) is 0.162. The van der Waals surface area contributed by atoms with Crippen molar-refractivity contribution in [3.05, 3.63) is 35.4 Å². The second kappa shape index (κ2) is 7.24. The van der Waals surface area contributed by atoms with Crippen LogP contribution >= 0.6 is 0 Å². The summed E-state index contributed by atoms with van der Waals surface area (Å²) in [6.07, 6.45) is 3.62. The molecule has 3 heteroatoms. The summed E-state index contributed by atoms with van der Waals surface area (Å²) in [5.74, 6) is -1.80. The van der Waals surface area contributed by atoms with E-state index >= 15 is 0 Å². The number of benzene rings is 1. The molecule has 1 aromatic rings. The first-order valence-corrected chi connectivity index (χ1v) is 6.55. The van der Waals surface area contributed by atoms with E-state index in [9.17, 15) is 13.6 Å². The van der Waals surface area contributed by atoms with Crippen molar-refractivity contribution in [3.8, 4) is 0 Å². The predicted octanol–water partition coefficient (Wildman–Crippen LogP) is 4.29. The standard InChI is InChI=1S/C15H20F2O/c1-3-5-7-11(4-2)14(18)10-12-8-6-9-13(16)15(12)17/h6,8-9,11H,3-5,7,10H2,1-2H3. The summed E-state index contributed by atoms with van der Waals surface area (Å²) < 4.78 is 26.5. The van der Waals surface area contributed by atoms with Crippen molar-refractivity contribution in [2.75, 3.05) is 0 Å². The molecule has 0 saturated heterocycles. The Labute approximate surface area is 107 Å². The zero-order chi connectivity index (χ0) is 13.5. The molecular weight excluding hydrogens is 234 g/mol. The second-order valence-corrected chi connectivity index (χ2v) is 4.60. The highest BCUT2D eigenvalue weighted by atomic mass is 19.2. The van der Waals surface area contributed by atoms with Crippen LogP contribution in [-0.2, 0) is 11.2 Å². The fourth-order valence-electron chi connectivity index (χ4n) is 2.06. The summed E-state index contributed by atoms with van der Waals surface area (Å²) in [5, 5.41) is 0. The van der Waals surface area contributed by atoms with Gasteiger partial charge < -0.3 is 0 Å². The first-order valence-electron chi connectivity index (χ1n) is 6.55. The van der Waals surface area contributed by atoms with E-state index in [1.807, 2.05) is 6.92 Å². The van der Waals surface area contributed by atoms with E-state index in [4.69, 9.17) is 0 Å². The zero-order valence-electron chi connectivity index (χ0n) is 11.0. The lowest BCUT2D eigenvalue weighted by Gasteiger charge is -2.13. The number of Topliss-reactive ketones (excluding diaryl/α,β-unsaturated/α-hetero) is 1. The maximum Gasteiger partial charge on any atom is 0.162 e. The van der Waals surface area contributed by atoms with E-state index in [0.29, 0.717) is 0 Å². The molecule has 0 fully saturated rings. The quantitative estimate of drug-likeness (QED) is 0.709. The third-order valence-electron chi connectivity index (χ3n) is 3.25. The lowest BCUT2D eigenvalue weighted by Crippen LogP contribution is -2.17. The van der Waals surface area contributed by atoms with E-state index < -0.39 is 11.6 Å². The van der Waals surface area contributed by atoms with E-state index in [2.05, 4.69) is 6.92 Å². The number of unbranched alkanes of at least 4 members (excludes halogenated alkanes) is 1. The predicted molar refractivity (Wildman–Crippen MR) is 68.4 cm³/mol. The van der Waals surface area contributed by atoms with Crippen molar-refractivity contribution in [2.24, 2.45) is 5.92 Å². The van der Waals surface area contributed by atoms with Crippen molar-refractivity contribution in [3.63, 3.8) is 0 Å². The van der Waals surface area contributed by atoms with Gasteiger partial charge in [0.2, 0.25) is 0 Å². The number of carbonyl (C=O) groups is 1. The molecule has 0 aliphatic carbocycles. The van der Waals surface area contributed by atoms with Gasteiger partial charge in [-0.15, -0.1) is 0 Å². The Morgan fingerprint density at radius 1 is 1.28 bits per heavy atom. The van der Waals surface area contributed by atoms with Crippen LogP contribution in [-0.4, -0.2) is 5.78 Å². The van der Waals surface area contributed by atoms with Crippen LogP contribution in [0.25, 0.3) is 0 Å². The normalized spacial score (nSPS) is 12.4. The number of carbonyl (C=O) groups excluding carboxylic acids is 1. The van der Waals surface area contributed by atoms with E-state index in [0.717, 1.165) is 31.7 Å². The number of hydrogen-bond acceptors (Lipinski definition) is 1. The van der Waals surface area contributed by atoms with Crippen LogP contribution in [0.4, 0.5) is 8.78 Å². The van der Waals surface area contributed by atoms with Gasteiger partial charge in [-0.3, -0.25) is 4.79 Å². The molecule has 1 nitrogen and oxygen atoms in total. The maximum atomic E-state index is 13.5. The van der Waals surface area contributed by atoms with Crippen LogP contribution in [0.2, 0.25) is 0 Å². The van der Waals surface area contributed by atoms with E-state index in [1.54, 1.807) is 0 Å². The van der Waals surface area contributed by atoms with Gasteiger partial charge in [0.15, 0.2) is 11.6 Å². The number of ketones is 1. The Hall–Kier alpha value is -1.25. The Bertz CT molecular complexity index is 401. The number of halogens is 2. The van der Waals surface area contributed by atoms with Crippen LogP contribution in [0.1, 0.15) is 45.1 Å². The molecule has 0 aliphatic rings. The molecule has 1 rings (SSSR count). The molecule has 0 aromatic heterocycles. The Balaban J connectivity index is 2.70. The third kappa shape index (κ3) is 3.90. The van der Waals surface area contributed by atoms with Gasteiger partial charge >= 0.3 is 0 Å². The van der Waals surface area contributed by atoms with Crippen LogP contribution in [0, 0.1) is 17.6 Å². The van der Waals surface area contributed by atoms with Gasteiger partial charge in [0.05, 0.1) is 0 Å². The monoisotopic (exact) mass is 254 g/mol. The largest absolute Gasteiger partial charge is 0.299 e. The molecule has 1 atom stereocenters. The molecule has 0 saturated carbocycles. The minimum absolute atomic E-state index is 0.00812. The molecule has 0 radical (unpaired) electrons. The highest BCUT2D eigenvalue weighted by Gasteiger charge is 2.18. The average Bonchev–Trinajstić information content (AvgIpc) is 2.36. The molecule has 1 aromatic carbocycles. The molecule has 1 unspecified atom stereocenters. The van der Waals surface area contributed by atoms with Gasteiger partial charge in [0.1, 0.15) is 5.78 Å². The molecular formula is C15H20F2O. The molecule has 0 bridgehead atoms. The van der Waals surface area contributed by atoms with Crippen LogP contribution in [0.3, 0.4) is 0 Å². The molecule has 0 amide bonds. The van der Waals surface area contributed by atoms with Crippen molar-refractivity contribution in [2.45, 2.75) is 46.0 Å². The summed E-state index contributed by atoms with van der Waals surface area (Å²) >= 11 is 0. The first kappa shape index (κ1) is 14.8. The van der Waals surface area contributed by atoms with E-state index in [-0.39, 0.29) is 23.7 Å². The lowest BCUT2D eigenvalue weighted by atomic mass is 9.91. The molecule has 0 aliphatic heterocycles. The highest BCUT2D eigenvalue weighted by molar-refractivity contribution is 5.83. The van der Waals surface area contributed by atoms with Crippen LogP contribution < -0.4 is 0 Å². The third-order valence-corrected chi connectivity index (χ3v) is 3.25. The second-order valence-electron chi connectivity index (χ2n) is 4.60. The topological polar surface area (TPSA) is 17.1 Å². The van der Waals surface area contributed by atoms with Gasteiger partial charge in [-0.25, -0.2) is 8.78 Å². The number of hydrogen-bond donors (Lipinski definition) is 0. The maximum absolute atomic E-state index is 13.5. The summed E-state index contributed by atoms with van der Waals surface area (Å²) in [6, 6.07) is 3.98. The van der Waals surface area contributed by atoms with Crippen LogP contribution in [0.15, 0.2) is 18.2 Å². The minimum Gasteiger partial charge on any atom is -0.299 e. The van der Waals surface area contributed by atoms with Crippen molar-refractivity contribution >= 4 is 5.78 Å². The molecule has 0 N–H and O–H groups in total. The average molecular weight is 254 g/mol. The summed E-state index contributed by atoms with van der Waals surface area (Å²) in [6.45, 7) is 4.03. The zero-order valence-corrected chi connectivity index (χ0v) is 11.0. The van der Waals surface area contributed by atoms with Gasteiger partial charge in [0, 0.05) is 12.3 Å². The molecule has 100 valence electrons.